The van der Waals surface area contributed by atoms with Gasteiger partial charge in [-0.2, -0.15) is 5.26 Å². The topological polar surface area (TPSA) is 74.2 Å². The third kappa shape index (κ3) is 5.23. The van der Waals surface area contributed by atoms with Gasteiger partial charge in [0.1, 0.15) is 0 Å². The molecule has 0 aliphatic carbocycles. The third-order valence-corrected chi connectivity index (χ3v) is 2.27. The summed E-state index contributed by atoms with van der Waals surface area (Å²) < 4.78 is 5.14. The molecule has 0 aromatic heterocycles. The second-order valence-electron chi connectivity index (χ2n) is 3.58. The number of unbranched alkanes of at least 4 members (excludes halogenated alkanes) is 2. The Hall–Kier alpha value is -1.28. The zero-order valence-corrected chi connectivity index (χ0v) is 8.79. The first-order valence-corrected chi connectivity index (χ1v) is 5.32. The molecule has 0 bridgehead atoms. The summed E-state index contributed by atoms with van der Waals surface area (Å²) in [4.78, 5) is 11.3. The Morgan fingerprint density at radius 2 is 2.40 bits per heavy atom. The predicted octanol–water partition coefficient (Wildman–Crippen LogP) is 0.768. The molecule has 0 aromatic rings. The molecule has 1 aliphatic rings. The number of hydrogen-bond donors (Lipinski definition) is 2. The average molecular weight is 211 g/mol. The van der Waals surface area contributed by atoms with Gasteiger partial charge in [0.25, 0.3) is 0 Å². The van der Waals surface area contributed by atoms with Crippen LogP contribution in [0, 0.1) is 11.3 Å². The number of nitrogens with zero attached hydrogens (tertiary/aromatic N) is 1. The summed E-state index contributed by atoms with van der Waals surface area (Å²) in [5.74, 6) is 0. The summed E-state index contributed by atoms with van der Waals surface area (Å²) in [6.07, 6.45) is 3.13. The number of hydrogen-bond acceptors (Lipinski definition) is 3. The van der Waals surface area contributed by atoms with E-state index < -0.39 is 0 Å². The Labute approximate surface area is 89.8 Å². The summed E-state index contributed by atoms with van der Waals surface area (Å²) in [6, 6.07) is 2.09. The van der Waals surface area contributed by atoms with Crippen LogP contribution in [0.2, 0.25) is 0 Å². The Morgan fingerprint density at radius 3 is 3.07 bits per heavy atom. The molecule has 84 valence electrons. The van der Waals surface area contributed by atoms with E-state index in [0.717, 1.165) is 25.9 Å². The fourth-order valence-electron chi connectivity index (χ4n) is 1.42. The van der Waals surface area contributed by atoms with Crippen LogP contribution in [0.1, 0.15) is 25.7 Å². The minimum absolute atomic E-state index is 0.137. The van der Waals surface area contributed by atoms with E-state index in [0.29, 0.717) is 19.6 Å². The van der Waals surface area contributed by atoms with Crippen LogP contribution in [-0.4, -0.2) is 31.8 Å². The highest BCUT2D eigenvalue weighted by Gasteiger charge is 2.16. The molecule has 2 N–H and O–H groups in total. The minimum Gasteiger partial charge on any atom is -0.379 e. The van der Waals surface area contributed by atoms with E-state index in [-0.39, 0.29) is 12.1 Å². The maximum absolute atomic E-state index is 11.3. The first-order chi connectivity index (χ1) is 7.33. The van der Waals surface area contributed by atoms with E-state index in [2.05, 4.69) is 16.7 Å². The highest BCUT2D eigenvalue weighted by atomic mass is 16.5. The molecule has 5 heteroatoms. The lowest BCUT2D eigenvalue weighted by Crippen LogP contribution is -2.42. The van der Waals surface area contributed by atoms with Crippen LogP contribution < -0.4 is 10.6 Å². The quantitative estimate of drug-likeness (QED) is 0.659. The molecular formula is C10H17N3O2. The number of urea groups is 1. The molecule has 1 unspecified atom stereocenters. The maximum atomic E-state index is 11.3. The number of nitriles is 1. The van der Waals surface area contributed by atoms with E-state index in [1.54, 1.807) is 0 Å². The molecule has 0 aromatic carbocycles. The summed E-state index contributed by atoms with van der Waals surface area (Å²) in [5.41, 5.74) is 0. The average Bonchev–Trinajstić information content (AvgIpc) is 2.70. The van der Waals surface area contributed by atoms with Gasteiger partial charge in [0.2, 0.25) is 0 Å². The Balaban J connectivity index is 1.96. The van der Waals surface area contributed by atoms with Crippen LogP contribution in [-0.2, 0) is 4.74 Å². The SMILES string of the molecule is N#CCCCCNC(=O)NC1CCOC1. The molecule has 1 aliphatic heterocycles. The van der Waals surface area contributed by atoms with Gasteiger partial charge in [0.05, 0.1) is 18.7 Å². The summed E-state index contributed by atoms with van der Waals surface area (Å²) in [6.45, 7) is 1.97. The number of nitrogens with one attached hydrogen (secondary N) is 2. The second kappa shape index (κ2) is 7.07. The van der Waals surface area contributed by atoms with Gasteiger partial charge in [-0.05, 0) is 19.3 Å². The molecule has 15 heavy (non-hydrogen) atoms. The van der Waals surface area contributed by atoms with Gasteiger partial charge in [-0.15, -0.1) is 0 Å². The van der Waals surface area contributed by atoms with Gasteiger partial charge in [-0.25, -0.2) is 4.79 Å². The Kier molecular flexibility index (Phi) is 5.56. The highest BCUT2D eigenvalue weighted by molar-refractivity contribution is 5.74. The largest absolute Gasteiger partial charge is 0.379 e. The minimum atomic E-state index is -0.137. The lowest BCUT2D eigenvalue weighted by atomic mass is 10.2. The molecule has 1 heterocycles. The van der Waals surface area contributed by atoms with Crippen molar-refractivity contribution in [3.05, 3.63) is 0 Å². The van der Waals surface area contributed by atoms with Gasteiger partial charge in [-0.3, -0.25) is 0 Å². The van der Waals surface area contributed by atoms with E-state index in [4.69, 9.17) is 10.00 Å². The van der Waals surface area contributed by atoms with Crippen LogP contribution in [0.15, 0.2) is 0 Å². The molecule has 2 amide bonds. The van der Waals surface area contributed by atoms with E-state index >= 15 is 0 Å². The molecule has 1 atom stereocenters. The van der Waals surface area contributed by atoms with Crippen molar-refractivity contribution < 1.29 is 9.53 Å². The molecular weight excluding hydrogens is 194 g/mol. The third-order valence-electron chi connectivity index (χ3n) is 2.27. The Morgan fingerprint density at radius 1 is 1.53 bits per heavy atom. The summed E-state index contributed by atoms with van der Waals surface area (Å²) in [5, 5.41) is 13.9. The van der Waals surface area contributed by atoms with Crippen LogP contribution in [0.3, 0.4) is 0 Å². The maximum Gasteiger partial charge on any atom is 0.315 e. The lowest BCUT2D eigenvalue weighted by molar-refractivity contribution is 0.188. The van der Waals surface area contributed by atoms with E-state index in [1.807, 2.05) is 0 Å². The highest BCUT2D eigenvalue weighted by Crippen LogP contribution is 2.02. The van der Waals surface area contributed by atoms with E-state index in [1.165, 1.54) is 0 Å². The number of rotatable bonds is 5. The van der Waals surface area contributed by atoms with Gasteiger partial charge in [-0.1, -0.05) is 0 Å². The first kappa shape index (κ1) is 11.8. The lowest BCUT2D eigenvalue weighted by Gasteiger charge is -2.11. The standard InChI is InChI=1S/C10H17N3O2/c11-5-2-1-3-6-12-10(14)13-9-4-7-15-8-9/h9H,1-4,6-8H2,(H2,12,13,14). The summed E-state index contributed by atoms with van der Waals surface area (Å²) >= 11 is 0. The van der Waals surface area contributed by atoms with Crippen molar-refractivity contribution in [2.24, 2.45) is 0 Å². The normalized spacial score (nSPS) is 19.5. The molecule has 0 saturated carbocycles. The van der Waals surface area contributed by atoms with Gasteiger partial charge in [0.15, 0.2) is 0 Å². The molecule has 1 fully saturated rings. The van der Waals surface area contributed by atoms with Crippen molar-refractivity contribution in [1.82, 2.24) is 10.6 Å². The smallest absolute Gasteiger partial charge is 0.315 e. The monoisotopic (exact) mass is 211 g/mol. The molecule has 1 saturated heterocycles. The van der Waals surface area contributed by atoms with Crippen molar-refractivity contribution in [2.75, 3.05) is 19.8 Å². The number of carbonyl (C=O) groups excluding carboxylic acids is 1. The molecule has 0 radical (unpaired) electrons. The van der Waals surface area contributed by atoms with Gasteiger partial charge >= 0.3 is 6.03 Å². The van der Waals surface area contributed by atoms with Crippen LogP contribution in [0.5, 0.6) is 0 Å². The van der Waals surface area contributed by atoms with Crippen molar-refractivity contribution in [3.63, 3.8) is 0 Å². The molecule has 1 rings (SSSR count). The fraction of sp³-hybridized carbons (Fsp3) is 0.800. The molecule has 0 spiro atoms. The zero-order chi connectivity index (χ0) is 10.9. The van der Waals surface area contributed by atoms with Crippen molar-refractivity contribution >= 4 is 6.03 Å². The fourth-order valence-corrected chi connectivity index (χ4v) is 1.42. The number of ether oxygens (including phenoxy) is 1. The first-order valence-electron chi connectivity index (χ1n) is 5.32. The van der Waals surface area contributed by atoms with E-state index in [9.17, 15) is 4.79 Å². The van der Waals surface area contributed by atoms with Gasteiger partial charge in [0, 0.05) is 19.6 Å². The second-order valence-corrected chi connectivity index (χ2v) is 3.58. The molecule has 5 nitrogen and oxygen atoms in total. The van der Waals surface area contributed by atoms with Crippen LogP contribution in [0.25, 0.3) is 0 Å². The van der Waals surface area contributed by atoms with Crippen molar-refractivity contribution in [2.45, 2.75) is 31.7 Å². The zero-order valence-electron chi connectivity index (χ0n) is 8.79. The summed E-state index contributed by atoms with van der Waals surface area (Å²) in [7, 11) is 0. The predicted molar refractivity (Wildman–Crippen MR) is 55.2 cm³/mol. The van der Waals surface area contributed by atoms with Crippen LogP contribution in [0.4, 0.5) is 4.79 Å². The Bertz CT molecular complexity index is 231. The number of carbonyl (C=O) groups is 1. The van der Waals surface area contributed by atoms with Crippen molar-refractivity contribution in [3.8, 4) is 6.07 Å². The van der Waals surface area contributed by atoms with Gasteiger partial charge < -0.3 is 15.4 Å². The van der Waals surface area contributed by atoms with Crippen molar-refractivity contribution in [1.29, 1.82) is 5.26 Å². The van der Waals surface area contributed by atoms with Crippen LogP contribution >= 0.6 is 0 Å². The number of amides is 2.